The van der Waals surface area contributed by atoms with Crippen LogP contribution in [0, 0.1) is 0 Å². The lowest BCUT2D eigenvalue weighted by Crippen LogP contribution is -1.95. The quantitative estimate of drug-likeness (QED) is 0.256. The lowest BCUT2D eigenvalue weighted by Gasteiger charge is -2.08. The van der Waals surface area contributed by atoms with Gasteiger partial charge in [-0.1, -0.05) is 24.3 Å². The number of nitrogens with zero attached hydrogens (tertiary/aromatic N) is 2. The molecule has 0 radical (unpaired) electrons. The molecule has 0 saturated heterocycles. The summed E-state index contributed by atoms with van der Waals surface area (Å²) in [5.41, 5.74) is 12.4. The molecule has 0 atom stereocenters. The topological polar surface area (TPSA) is 57.4 Å². The zero-order valence-corrected chi connectivity index (χ0v) is 20.5. The predicted octanol–water partition coefficient (Wildman–Crippen LogP) is 8.01. The fourth-order valence-corrected chi connectivity index (χ4v) is 4.92. The van der Waals surface area contributed by atoms with Crippen LogP contribution >= 0.6 is 0 Å². The Kier molecular flexibility index (Phi) is 6.50. The minimum Gasteiger partial charge on any atom is -0.355 e. The van der Waals surface area contributed by atoms with E-state index in [0.29, 0.717) is 6.42 Å². The summed E-state index contributed by atoms with van der Waals surface area (Å²) in [5.74, 6) is 0. The van der Waals surface area contributed by atoms with Gasteiger partial charge in [0.15, 0.2) is 0 Å². The molecular weight excluding hydrogens is 440 g/mol. The summed E-state index contributed by atoms with van der Waals surface area (Å²) in [6, 6.07) is 12.6. The van der Waals surface area contributed by atoms with Crippen LogP contribution in [0.5, 0.6) is 0 Å². The molecule has 4 nitrogen and oxygen atoms in total. The molecule has 3 aromatic heterocycles. The summed E-state index contributed by atoms with van der Waals surface area (Å²) in [4.78, 5) is 17.2. The van der Waals surface area contributed by atoms with Crippen molar-refractivity contribution >= 4 is 45.4 Å². The van der Waals surface area contributed by atoms with Gasteiger partial charge in [-0.05, 0) is 90.9 Å². The van der Waals surface area contributed by atoms with E-state index in [4.69, 9.17) is 9.97 Å². The van der Waals surface area contributed by atoms with Crippen LogP contribution in [0.3, 0.4) is 0 Å². The Balaban J connectivity index is 1.97. The lowest BCUT2D eigenvalue weighted by atomic mass is 9.95. The minimum absolute atomic E-state index is 0.679. The maximum atomic E-state index is 5.21. The zero-order chi connectivity index (χ0) is 25.1. The SMILES string of the molecule is C=CCC1=C(CC=C)c2nc1cc1nc(cc3ccc(cc4cc(CC=C)c([nH]4)c2CC=C)[nH]3)C=C1. The summed E-state index contributed by atoms with van der Waals surface area (Å²) in [7, 11) is 0. The zero-order valence-electron chi connectivity index (χ0n) is 20.5. The lowest BCUT2D eigenvalue weighted by molar-refractivity contribution is 1.17. The van der Waals surface area contributed by atoms with Crippen LogP contribution in [-0.2, 0) is 12.8 Å². The molecule has 0 fully saturated rings. The van der Waals surface area contributed by atoms with E-state index in [1.807, 2.05) is 36.5 Å². The van der Waals surface area contributed by atoms with Crippen LogP contribution in [0.15, 0.2) is 87.0 Å². The van der Waals surface area contributed by atoms with Gasteiger partial charge in [0.2, 0.25) is 0 Å². The van der Waals surface area contributed by atoms with E-state index in [2.05, 4.69) is 72.7 Å². The molecule has 0 aliphatic carbocycles. The fourth-order valence-electron chi connectivity index (χ4n) is 4.92. The molecule has 0 aromatic carbocycles. The minimum atomic E-state index is 0.679. The van der Waals surface area contributed by atoms with Gasteiger partial charge < -0.3 is 9.97 Å². The molecule has 3 aromatic rings. The fraction of sp³-hybridized carbons (Fsp3) is 0.125. The number of hydrogen-bond acceptors (Lipinski definition) is 2. The molecule has 0 amide bonds. The van der Waals surface area contributed by atoms with Gasteiger partial charge in [-0.2, -0.15) is 0 Å². The molecule has 0 saturated carbocycles. The largest absolute Gasteiger partial charge is 0.355 e. The van der Waals surface area contributed by atoms with Crippen molar-refractivity contribution in [2.75, 3.05) is 0 Å². The van der Waals surface area contributed by atoms with Gasteiger partial charge in [0.05, 0.1) is 22.8 Å². The van der Waals surface area contributed by atoms with E-state index in [1.54, 1.807) is 0 Å². The van der Waals surface area contributed by atoms with E-state index in [-0.39, 0.29) is 0 Å². The third kappa shape index (κ3) is 4.46. The van der Waals surface area contributed by atoms with Gasteiger partial charge in [-0.15, -0.1) is 26.3 Å². The summed E-state index contributed by atoms with van der Waals surface area (Å²) in [6.45, 7) is 16.1. The average Bonchev–Trinajstić information content (AvgIpc) is 3.64. The number of aromatic amines is 2. The number of hydrogen-bond donors (Lipinski definition) is 2. The molecule has 178 valence electrons. The van der Waals surface area contributed by atoms with Gasteiger partial charge in [0, 0.05) is 27.6 Å². The summed E-state index contributed by atoms with van der Waals surface area (Å²) in [5, 5.41) is 0. The molecule has 2 aliphatic rings. The monoisotopic (exact) mass is 470 g/mol. The number of nitrogens with one attached hydrogen (secondary N) is 2. The first kappa shape index (κ1) is 23.3. The Morgan fingerprint density at radius 1 is 0.639 bits per heavy atom. The van der Waals surface area contributed by atoms with E-state index in [9.17, 15) is 0 Å². The van der Waals surface area contributed by atoms with Gasteiger partial charge in [-0.3, -0.25) is 0 Å². The first-order valence-electron chi connectivity index (χ1n) is 12.2. The van der Waals surface area contributed by atoms with Gasteiger partial charge in [0.1, 0.15) is 0 Å². The highest BCUT2D eigenvalue weighted by Gasteiger charge is 2.22. The second-order valence-corrected chi connectivity index (χ2v) is 8.97. The molecule has 2 aliphatic heterocycles. The first-order valence-corrected chi connectivity index (χ1v) is 12.2. The van der Waals surface area contributed by atoms with Crippen LogP contribution < -0.4 is 0 Å². The highest BCUT2D eigenvalue weighted by molar-refractivity contribution is 5.95. The summed E-state index contributed by atoms with van der Waals surface area (Å²) >= 11 is 0. The summed E-state index contributed by atoms with van der Waals surface area (Å²) in [6.07, 6.45) is 14.7. The molecule has 4 heteroatoms. The van der Waals surface area contributed by atoms with Crippen molar-refractivity contribution in [2.24, 2.45) is 0 Å². The van der Waals surface area contributed by atoms with Crippen LogP contribution in [0.4, 0.5) is 0 Å². The van der Waals surface area contributed by atoms with Crippen molar-refractivity contribution in [3.63, 3.8) is 0 Å². The smallest absolute Gasteiger partial charge is 0.0731 e. The van der Waals surface area contributed by atoms with Crippen molar-refractivity contribution in [3.05, 3.63) is 121 Å². The normalized spacial score (nSPS) is 12.6. The average molecular weight is 471 g/mol. The Bertz CT molecular complexity index is 1600. The van der Waals surface area contributed by atoms with E-state index >= 15 is 0 Å². The second-order valence-electron chi connectivity index (χ2n) is 8.97. The third-order valence-electron chi connectivity index (χ3n) is 6.42. The van der Waals surface area contributed by atoms with Crippen molar-refractivity contribution in [1.29, 1.82) is 0 Å². The molecule has 5 heterocycles. The molecule has 36 heavy (non-hydrogen) atoms. The number of rotatable bonds is 8. The standard InChI is InChI=1S/C32H30N4/c1-5-9-21-17-26-19-24-14-13-22(33-24)18-23-15-16-25(34-23)20-30-27(10-6-2)28(11-7-3)32(36-30)29(12-8-4)31(21)35-26/h5-8,13-20,33,35H,1-4,9-12H2. The Morgan fingerprint density at radius 2 is 1.31 bits per heavy atom. The van der Waals surface area contributed by atoms with Gasteiger partial charge >= 0.3 is 0 Å². The predicted molar refractivity (Wildman–Crippen MR) is 154 cm³/mol. The number of allylic oxidation sites excluding steroid dienone is 6. The van der Waals surface area contributed by atoms with Crippen molar-refractivity contribution in [1.82, 2.24) is 19.9 Å². The van der Waals surface area contributed by atoms with Gasteiger partial charge in [-0.25, -0.2) is 9.97 Å². The molecule has 5 rings (SSSR count). The molecule has 2 N–H and O–H groups in total. The highest BCUT2D eigenvalue weighted by Crippen LogP contribution is 2.38. The number of H-pyrrole nitrogens is 2. The maximum absolute atomic E-state index is 5.21. The van der Waals surface area contributed by atoms with Crippen LogP contribution in [0.25, 0.3) is 45.4 Å². The highest BCUT2D eigenvalue weighted by atomic mass is 14.8. The van der Waals surface area contributed by atoms with Crippen LogP contribution in [-0.4, -0.2) is 19.9 Å². The van der Waals surface area contributed by atoms with E-state index < -0.39 is 0 Å². The molecule has 0 unspecified atom stereocenters. The van der Waals surface area contributed by atoms with Crippen molar-refractivity contribution in [3.8, 4) is 0 Å². The van der Waals surface area contributed by atoms with Crippen LogP contribution in [0.1, 0.15) is 46.7 Å². The Hall–Kier alpha value is -4.44. The van der Waals surface area contributed by atoms with Crippen LogP contribution in [0.2, 0.25) is 0 Å². The molecule has 0 spiro atoms. The molecule has 8 bridgehead atoms. The number of aromatic nitrogens is 4. The Morgan fingerprint density at radius 3 is 2.03 bits per heavy atom. The molecular formula is C32H30N4. The third-order valence-corrected chi connectivity index (χ3v) is 6.42. The second kappa shape index (κ2) is 10.0. The van der Waals surface area contributed by atoms with Crippen molar-refractivity contribution in [2.45, 2.75) is 25.7 Å². The Labute approximate surface area is 211 Å². The summed E-state index contributed by atoms with van der Waals surface area (Å²) < 4.78 is 0. The van der Waals surface area contributed by atoms with Crippen molar-refractivity contribution < 1.29 is 0 Å². The maximum Gasteiger partial charge on any atom is 0.0731 e. The van der Waals surface area contributed by atoms with Gasteiger partial charge in [0.25, 0.3) is 0 Å². The van der Waals surface area contributed by atoms with E-state index in [0.717, 1.165) is 75.2 Å². The number of fused-ring (bicyclic) bond motifs is 8. The van der Waals surface area contributed by atoms with E-state index in [1.165, 1.54) is 11.1 Å². The first-order chi connectivity index (χ1) is 17.6.